The highest BCUT2D eigenvalue weighted by atomic mass is 16.4. The van der Waals surface area contributed by atoms with Crippen molar-refractivity contribution >= 4 is 5.71 Å². The van der Waals surface area contributed by atoms with Crippen LogP contribution in [0.2, 0.25) is 0 Å². The van der Waals surface area contributed by atoms with Gasteiger partial charge in [-0.2, -0.15) is 0 Å². The van der Waals surface area contributed by atoms with Crippen LogP contribution in [-0.4, -0.2) is 10.9 Å². The average Bonchev–Trinajstić information content (AvgIpc) is 2.41. The van der Waals surface area contributed by atoms with Crippen molar-refractivity contribution in [2.75, 3.05) is 0 Å². The van der Waals surface area contributed by atoms with Gasteiger partial charge >= 0.3 is 0 Å². The van der Waals surface area contributed by atoms with Crippen molar-refractivity contribution in [2.45, 2.75) is 12.8 Å². The molecule has 3 aliphatic rings. The van der Waals surface area contributed by atoms with Gasteiger partial charge in [-0.25, -0.2) is 0 Å². The molecule has 0 saturated heterocycles. The summed E-state index contributed by atoms with van der Waals surface area (Å²) in [5.41, 5.74) is 3.57. The summed E-state index contributed by atoms with van der Waals surface area (Å²) in [5.74, 6) is 1.31. The van der Waals surface area contributed by atoms with Gasteiger partial charge in [0.25, 0.3) is 0 Å². The Morgan fingerprint density at radius 1 is 1.38 bits per heavy atom. The van der Waals surface area contributed by atoms with Gasteiger partial charge in [0, 0.05) is 6.42 Å². The number of fused-ring (bicyclic) bond motifs is 3. The molecule has 0 amide bonds. The van der Waals surface area contributed by atoms with Gasteiger partial charge in [0.15, 0.2) is 0 Å². The molecule has 1 N–H and O–H groups in total. The van der Waals surface area contributed by atoms with Crippen LogP contribution in [0.3, 0.4) is 0 Å². The van der Waals surface area contributed by atoms with Gasteiger partial charge in [-0.3, -0.25) is 0 Å². The molecule has 1 fully saturated rings. The second-order valence-electron chi connectivity index (χ2n) is 3.89. The Kier molecular flexibility index (Phi) is 1.29. The highest BCUT2D eigenvalue weighted by Crippen LogP contribution is 2.49. The molecule has 2 unspecified atom stereocenters. The number of allylic oxidation sites excluding steroid dienone is 6. The predicted octanol–water partition coefficient (Wildman–Crippen LogP) is 2.28. The maximum atomic E-state index is 8.68. The zero-order valence-corrected chi connectivity index (χ0v) is 7.27. The lowest BCUT2D eigenvalue weighted by molar-refractivity contribution is 0.310. The van der Waals surface area contributed by atoms with Gasteiger partial charge in [-0.15, -0.1) is 0 Å². The fourth-order valence-corrected chi connectivity index (χ4v) is 2.56. The van der Waals surface area contributed by atoms with Gasteiger partial charge in [-0.05, 0) is 29.4 Å². The monoisotopic (exact) mass is 173 g/mol. The molecule has 0 radical (unpaired) electrons. The Balaban J connectivity index is 2.00. The molecule has 0 bridgehead atoms. The first kappa shape index (κ1) is 7.13. The molecule has 2 atom stereocenters. The molecule has 0 aromatic carbocycles. The summed E-state index contributed by atoms with van der Waals surface area (Å²) in [6.07, 6.45) is 10.8. The number of rotatable bonds is 0. The SMILES string of the molecule is ON=C1CC2C1=CC1=CC=CCC12. The van der Waals surface area contributed by atoms with Crippen LogP contribution in [0.1, 0.15) is 12.8 Å². The normalized spacial score (nSPS) is 37.7. The number of hydrogen-bond donors (Lipinski definition) is 1. The minimum Gasteiger partial charge on any atom is -0.411 e. The first-order valence-electron chi connectivity index (χ1n) is 4.70. The third-order valence-corrected chi connectivity index (χ3v) is 3.32. The Morgan fingerprint density at radius 2 is 2.31 bits per heavy atom. The average molecular weight is 173 g/mol. The highest BCUT2D eigenvalue weighted by molar-refractivity contribution is 6.08. The lowest BCUT2D eigenvalue weighted by Gasteiger charge is -2.31. The van der Waals surface area contributed by atoms with Gasteiger partial charge in [0.05, 0.1) is 5.71 Å². The smallest absolute Gasteiger partial charge is 0.0837 e. The molecule has 0 aromatic rings. The summed E-state index contributed by atoms with van der Waals surface area (Å²) < 4.78 is 0. The zero-order chi connectivity index (χ0) is 8.84. The maximum absolute atomic E-state index is 8.68. The maximum Gasteiger partial charge on any atom is 0.0837 e. The van der Waals surface area contributed by atoms with Gasteiger partial charge in [0.1, 0.15) is 0 Å². The Hall–Kier alpha value is -1.31. The molecule has 0 aromatic heterocycles. The first-order valence-corrected chi connectivity index (χ1v) is 4.70. The quantitative estimate of drug-likeness (QED) is 0.442. The molecule has 66 valence electrons. The van der Waals surface area contributed by atoms with E-state index in [2.05, 4.69) is 29.5 Å². The minimum atomic E-state index is 0.641. The summed E-state index contributed by atoms with van der Waals surface area (Å²) in [7, 11) is 0. The summed E-state index contributed by atoms with van der Waals surface area (Å²) >= 11 is 0. The van der Waals surface area contributed by atoms with E-state index in [0.717, 1.165) is 18.6 Å². The standard InChI is InChI=1S/C11H11NO/c13-12-11-6-9-8-4-2-1-3-7(8)5-10(9)11/h1-3,5,8-9,13H,4,6H2. The van der Waals surface area contributed by atoms with Crippen molar-refractivity contribution in [1.82, 2.24) is 0 Å². The van der Waals surface area contributed by atoms with E-state index in [1.54, 1.807) is 0 Å². The summed E-state index contributed by atoms with van der Waals surface area (Å²) in [5, 5.41) is 12.0. The lowest BCUT2D eigenvalue weighted by Crippen LogP contribution is -2.30. The van der Waals surface area contributed by atoms with Crippen LogP contribution < -0.4 is 0 Å². The van der Waals surface area contributed by atoms with E-state index in [1.165, 1.54) is 11.1 Å². The molecule has 3 rings (SSSR count). The molecular formula is C11H11NO. The van der Waals surface area contributed by atoms with Crippen LogP contribution in [0.15, 0.2) is 40.6 Å². The molecule has 1 saturated carbocycles. The second-order valence-corrected chi connectivity index (χ2v) is 3.89. The molecule has 0 aliphatic heterocycles. The fourth-order valence-electron chi connectivity index (χ4n) is 2.56. The Bertz CT molecular complexity index is 374. The van der Waals surface area contributed by atoms with E-state index in [9.17, 15) is 0 Å². The van der Waals surface area contributed by atoms with Crippen molar-refractivity contribution in [2.24, 2.45) is 17.0 Å². The molecule has 2 nitrogen and oxygen atoms in total. The third-order valence-electron chi connectivity index (χ3n) is 3.32. The lowest BCUT2D eigenvalue weighted by atomic mass is 9.72. The van der Waals surface area contributed by atoms with Crippen LogP contribution in [0, 0.1) is 11.8 Å². The highest BCUT2D eigenvalue weighted by Gasteiger charge is 2.43. The number of oxime groups is 1. The van der Waals surface area contributed by atoms with Crippen LogP contribution in [0.5, 0.6) is 0 Å². The van der Waals surface area contributed by atoms with Crippen LogP contribution in [0.4, 0.5) is 0 Å². The predicted molar refractivity (Wildman–Crippen MR) is 50.7 cm³/mol. The van der Waals surface area contributed by atoms with Crippen molar-refractivity contribution in [1.29, 1.82) is 0 Å². The third kappa shape index (κ3) is 0.804. The van der Waals surface area contributed by atoms with Gasteiger partial charge in [-0.1, -0.05) is 29.5 Å². The van der Waals surface area contributed by atoms with Crippen LogP contribution >= 0.6 is 0 Å². The van der Waals surface area contributed by atoms with Crippen molar-refractivity contribution < 1.29 is 5.21 Å². The van der Waals surface area contributed by atoms with Crippen LogP contribution in [-0.2, 0) is 0 Å². The fraction of sp³-hybridized carbons (Fsp3) is 0.364. The van der Waals surface area contributed by atoms with Gasteiger partial charge in [0.2, 0.25) is 0 Å². The first-order chi connectivity index (χ1) is 6.40. The van der Waals surface area contributed by atoms with Gasteiger partial charge < -0.3 is 5.21 Å². The van der Waals surface area contributed by atoms with E-state index in [0.29, 0.717) is 11.8 Å². The molecule has 0 spiro atoms. The van der Waals surface area contributed by atoms with E-state index < -0.39 is 0 Å². The Labute approximate surface area is 76.9 Å². The number of nitrogens with zero attached hydrogens (tertiary/aromatic N) is 1. The molecule has 2 heteroatoms. The summed E-state index contributed by atoms with van der Waals surface area (Å²) in [6, 6.07) is 0. The summed E-state index contributed by atoms with van der Waals surface area (Å²) in [4.78, 5) is 0. The molecule has 3 aliphatic carbocycles. The second kappa shape index (κ2) is 2.34. The minimum absolute atomic E-state index is 0.641. The van der Waals surface area contributed by atoms with E-state index >= 15 is 0 Å². The topological polar surface area (TPSA) is 32.6 Å². The largest absolute Gasteiger partial charge is 0.411 e. The molecular weight excluding hydrogens is 162 g/mol. The van der Waals surface area contributed by atoms with Crippen LogP contribution in [0.25, 0.3) is 0 Å². The van der Waals surface area contributed by atoms with E-state index in [-0.39, 0.29) is 0 Å². The van der Waals surface area contributed by atoms with Crippen molar-refractivity contribution in [3.63, 3.8) is 0 Å². The van der Waals surface area contributed by atoms with Crippen molar-refractivity contribution in [3.8, 4) is 0 Å². The zero-order valence-electron chi connectivity index (χ0n) is 7.27. The Morgan fingerprint density at radius 3 is 3.15 bits per heavy atom. The van der Waals surface area contributed by atoms with Crippen molar-refractivity contribution in [3.05, 3.63) is 35.5 Å². The van der Waals surface area contributed by atoms with E-state index in [4.69, 9.17) is 5.21 Å². The molecule has 13 heavy (non-hydrogen) atoms. The molecule has 0 heterocycles. The number of hydrogen-bond acceptors (Lipinski definition) is 2. The summed E-state index contributed by atoms with van der Waals surface area (Å²) in [6.45, 7) is 0. The van der Waals surface area contributed by atoms with E-state index in [1.807, 2.05) is 0 Å².